The molecule has 64 valence electrons. The molecule has 0 bridgehead atoms. The lowest BCUT2D eigenvalue weighted by Crippen LogP contribution is -2.04. The van der Waals surface area contributed by atoms with E-state index in [9.17, 15) is 4.79 Å². The molecule has 0 radical (unpaired) electrons. The first kappa shape index (κ1) is 10.1. The second-order valence-electron chi connectivity index (χ2n) is 2.73. The number of aliphatic imine (C=N–C) groups is 1. The lowest BCUT2D eigenvalue weighted by molar-refractivity contribution is -0.138. The van der Waals surface area contributed by atoms with Crippen molar-refractivity contribution < 1.29 is 9.53 Å². The summed E-state index contributed by atoms with van der Waals surface area (Å²) < 4.78 is 4.40. The summed E-state index contributed by atoms with van der Waals surface area (Å²) in [5.74, 6) is 0.307. The number of hydrogen-bond acceptors (Lipinski definition) is 3. The zero-order chi connectivity index (χ0) is 8.69. The third-order valence-electron chi connectivity index (χ3n) is 1.15. The van der Waals surface area contributed by atoms with Crippen LogP contribution in [0.2, 0.25) is 0 Å². The van der Waals surface area contributed by atoms with E-state index < -0.39 is 0 Å². The minimum absolute atomic E-state index is 0.142. The summed E-state index contributed by atoms with van der Waals surface area (Å²) in [5.41, 5.74) is 0. The topological polar surface area (TPSA) is 38.7 Å². The molecule has 0 aliphatic rings. The van der Waals surface area contributed by atoms with E-state index in [-0.39, 0.29) is 12.5 Å². The largest absolute Gasteiger partial charge is 0.468 e. The molecule has 3 heteroatoms. The maximum absolute atomic E-state index is 10.5. The quantitative estimate of drug-likeness (QED) is 0.455. The van der Waals surface area contributed by atoms with Crippen molar-refractivity contribution in [3.05, 3.63) is 0 Å². The Morgan fingerprint density at radius 3 is 2.73 bits per heavy atom. The van der Waals surface area contributed by atoms with E-state index >= 15 is 0 Å². The van der Waals surface area contributed by atoms with Crippen molar-refractivity contribution in [3.8, 4) is 0 Å². The van der Waals surface area contributed by atoms with Gasteiger partial charge in [0.2, 0.25) is 0 Å². The van der Waals surface area contributed by atoms with Crippen LogP contribution >= 0.6 is 0 Å². The van der Waals surface area contributed by atoms with Gasteiger partial charge in [-0.3, -0.25) is 9.79 Å². The number of hydrogen-bond donors (Lipinski definition) is 0. The van der Waals surface area contributed by atoms with Crippen LogP contribution in [0.1, 0.15) is 20.3 Å². The Kier molecular flexibility index (Phi) is 5.43. The van der Waals surface area contributed by atoms with Gasteiger partial charge in [0.05, 0.1) is 7.11 Å². The maximum Gasteiger partial charge on any atom is 0.327 e. The van der Waals surface area contributed by atoms with E-state index in [1.807, 2.05) is 0 Å². The number of methoxy groups -OCH3 is 1. The molecule has 0 saturated heterocycles. The van der Waals surface area contributed by atoms with Crippen molar-refractivity contribution in [2.75, 3.05) is 13.7 Å². The third kappa shape index (κ3) is 7.03. The van der Waals surface area contributed by atoms with Gasteiger partial charge in [-0.25, -0.2) is 0 Å². The van der Waals surface area contributed by atoms with Crippen molar-refractivity contribution >= 4 is 12.2 Å². The highest BCUT2D eigenvalue weighted by molar-refractivity contribution is 5.73. The van der Waals surface area contributed by atoms with Gasteiger partial charge in [-0.1, -0.05) is 13.8 Å². The molecule has 0 spiro atoms. The van der Waals surface area contributed by atoms with Crippen LogP contribution in [0.3, 0.4) is 0 Å². The Balaban J connectivity index is 3.37. The molecule has 0 rings (SSSR count). The Bertz CT molecular complexity index is 141. The number of carbonyl (C=O) groups is 1. The van der Waals surface area contributed by atoms with Crippen LogP contribution < -0.4 is 0 Å². The summed E-state index contributed by atoms with van der Waals surface area (Å²) in [6, 6.07) is 0. The summed E-state index contributed by atoms with van der Waals surface area (Å²) >= 11 is 0. The molecule has 0 amide bonds. The standard InChI is InChI=1S/C8H15NO2/c1-7(2)4-5-9-6-8(10)11-3/h5,7H,4,6H2,1-3H3/b9-5+. The Hall–Kier alpha value is -0.860. The maximum atomic E-state index is 10.5. The third-order valence-corrected chi connectivity index (χ3v) is 1.15. The van der Waals surface area contributed by atoms with E-state index in [2.05, 4.69) is 23.6 Å². The molecular weight excluding hydrogens is 142 g/mol. The van der Waals surface area contributed by atoms with Crippen molar-refractivity contribution in [2.45, 2.75) is 20.3 Å². The van der Waals surface area contributed by atoms with E-state index in [4.69, 9.17) is 0 Å². The van der Waals surface area contributed by atoms with Crippen LogP contribution in [0.25, 0.3) is 0 Å². The van der Waals surface area contributed by atoms with E-state index in [1.165, 1.54) is 7.11 Å². The van der Waals surface area contributed by atoms with E-state index in [0.29, 0.717) is 5.92 Å². The molecule has 0 fully saturated rings. The van der Waals surface area contributed by atoms with Gasteiger partial charge >= 0.3 is 5.97 Å². The number of rotatable bonds is 4. The first-order chi connectivity index (χ1) is 5.16. The predicted octanol–water partition coefficient (Wildman–Crippen LogP) is 1.28. The van der Waals surface area contributed by atoms with Crippen molar-refractivity contribution in [1.82, 2.24) is 0 Å². The molecule has 0 aromatic heterocycles. The van der Waals surface area contributed by atoms with Crippen LogP contribution in [0.5, 0.6) is 0 Å². The van der Waals surface area contributed by atoms with Gasteiger partial charge in [0.25, 0.3) is 0 Å². The fourth-order valence-electron chi connectivity index (χ4n) is 0.489. The molecule has 0 N–H and O–H groups in total. The van der Waals surface area contributed by atoms with Gasteiger partial charge in [0.15, 0.2) is 0 Å². The molecular formula is C8H15NO2. The summed E-state index contributed by atoms with van der Waals surface area (Å²) in [6.07, 6.45) is 2.68. The molecule has 0 aliphatic heterocycles. The zero-order valence-electron chi connectivity index (χ0n) is 7.33. The van der Waals surface area contributed by atoms with Gasteiger partial charge in [0.1, 0.15) is 6.54 Å². The second-order valence-corrected chi connectivity index (χ2v) is 2.73. The molecule has 0 atom stereocenters. The Morgan fingerprint density at radius 2 is 2.27 bits per heavy atom. The lowest BCUT2D eigenvalue weighted by atomic mass is 10.2. The van der Waals surface area contributed by atoms with Crippen LogP contribution in [0.4, 0.5) is 0 Å². The SMILES string of the molecule is COC(=O)C/N=C/CC(C)C. The summed E-state index contributed by atoms with van der Waals surface area (Å²) in [5, 5.41) is 0. The highest BCUT2D eigenvalue weighted by atomic mass is 16.5. The molecule has 0 unspecified atom stereocenters. The highest BCUT2D eigenvalue weighted by Crippen LogP contribution is 1.94. The minimum atomic E-state index is -0.287. The number of carbonyl (C=O) groups excluding carboxylic acids is 1. The number of ether oxygens (including phenoxy) is 1. The molecule has 0 aromatic carbocycles. The molecule has 11 heavy (non-hydrogen) atoms. The zero-order valence-corrected chi connectivity index (χ0v) is 7.33. The molecule has 0 aliphatic carbocycles. The second kappa shape index (κ2) is 5.89. The predicted molar refractivity (Wildman–Crippen MR) is 44.8 cm³/mol. The Morgan fingerprint density at radius 1 is 1.64 bits per heavy atom. The molecule has 3 nitrogen and oxygen atoms in total. The summed E-state index contributed by atoms with van der Waals surface area (Å²) in [7, 11) is 1.36. The fourth-order valence-corrected chi connectivity index (χ4v) is 0.489. The number of nitrogens with zero attached hydrogens (tertiary/aromatic N) is 1. The average molecular weight is 157 g/mol. The monoisotopic (exact) mass is 157 g/mol. The van der Waals surface area contributed by atoms with Gasteiger partial charge < -0.3 is 4.74 Å². The van der Waals surface area contributed by atoms with Gasteiger partial charge in [-0.05, 0) is 18.6 Å². The lowest BCUT2D eigenvalue weighted by Gasteiger charge is -1.96. The highest BCUT2D eigenvalue weighted by Gasteiger charge is 1.94. The first-order valence-corrected chi connectivity index (χ1v) is 3.72. The van der Waals surface area contributed by atoms with Gasteiger partial charge in [-0.15, -0.1) is 0 Å². The molecule has 0 heterocycles. The molecule has 0 saturated carbocycles. The van der Waals surface area contributed by atoms with Gasteiger partial charge in [-0.2, -0.15) is 0 Å². The first-order valence-electron chi connectivity index (χ1n) is 3.72. The van der Waals surface area contributed by atoms with Gasteiger partial charge in [0, 0.05) is 0 Å². The normalized spacial score (nSPS) is 10.9. The summed E-state index contributed by atoms with van der Waals surface area (Å²) in [4.78, 5) is 14.4. The van der Waals surface area contributed by atoms with Crippen LogP contribution in [-0.4, -0.2) is 25.8 Å². The van der Waals surface area contributed by atoms with E-state index in [1.54, 1.807) is 6.21 Å². The fraction of sp³-hybridized carbons (Fsp3) is 0.750. The summed E-state index contributed by atoms with van der Waals surface area (Å²) in [6.45, 7) is 4.34. The average Bonchev–Trinajstić information content (AvgIpc) is 1.97. The van der Waals surface area contributed by atoms with Crippen LogP contribution in [-0.2, 0) is 9.53 Å². The Labute approximate surface area is 67.5 Å². The van der Waals surface area contributed by atoms with Crippen molar-refractivity contribution in [1.29, 1.82) is 0 Å². The smallest absolute Gasteiger partial charge is 0.327 e. The minimum Gasteiger partial charge on any atom is -0.468 e. The van der Waals surface area contributed by atoms with Crippen molar-refractivity contribution in [2.24, 2.45) is 10.9 Å². The molecule has 0 aromatic rings. The number of esters is 1. The van der Waals surface area contributed by atoms with E-state index in [0.717, 1.165) is 6.42 Å². The van der Waals surface area contributed by atoms with Crippen LogP contribution in [0.15, 0.2) is 4.99 Å². The van der Waals surface area contributed by atoms with Crippen LogP contribution in [0, 0.1) is 5.92 Å². The van der Waals surface area contributed by atoms with Crippen molar-refractivity contribution in [3.63, 3.8) is 0 Å².